The van der Waals surface area contributed by atoms with Crippen LogP contribution in [0.25, 0.3) is 27.7 Å². The van der Waals surface area contributed by atoms with Crippen LogP contribution in [0.3, 0.4) is 0 Å². The minimum atomic E-state index is 0.193. The van der Waals surface area contributed by atoms with Gasteiger partial charge in [0.05, 0.1) is 17.4 Å². The molecule has 156 valence electrons. The van der Waals surface area contributed by atoms with Crippen molar-refractivity contribution in [2.45, 2.75) is 32.4 Å². The van der Waals surface area contributed by atoms with E-state index in [9.17, 15) is 0 Å². The predicted molar refractivity (Wildman–Crippen MR) is 125 cm³/mol. The molecule has 6 rings (SSSR count). The Morgan fingerprint density at radius 1 is 1.16 bits per heavy atom. The van der Waals surface area contributed by atoms with E-state index >= 15 is 0 Å². The van der Waals surface area contributed by atoms with Crippen LogP contribution in [-0.4, -0.2) is 33.1 Å². The summed E-state index contributed by atoms with van der Waals surface area (Å²) in [4.78, 5) is 3.32. The summed E-state index contributed by atoms with van der Waals surface area (Å²) in [7, 11) is 0. The van der Waals surface area contributed by atoms with E-state index in [1.165, 1.54) is 27.6 Å². The molecule has 6 heteroatoms. The predicted octanol–water partition coefficient (Wildman–Crippen LogP) is 4.67. The molecular weight excluding hydrogens is 384 g/mol. The molecule has 1 atom stereocenters. The van der Waals surface area contributed by atoms with Crippen LogP contribution in [-0.2, 0) is 6.54 Å². The fraction of sp³-hybridized carbons (Fsp3) is 0.280. The lowest BCUT2D eigenvalue weighted by Crippen LogP contribution is -2.20. The number of H-pyrrole nitrogens is 1. The molecule has 2 aromatic heterocycles. The van der Waals surface area contributed by atoms with Gasteiger partial charge in [0.2, 0.25) is 0 Å². The highest BCUT2D eigenvalue weighted by Gasteiger charge is 2.26. The van der Waals surface area contributed by atoms with Crippen molar-refractivity contribution < 1.29 is 0 Å². The Balaban J connectivity index is 1.48. The van der Waals surface area contributed by atoms with Crippen LogP contribution in [0.4, 0.5) is 5.69 Å². The van der Waals surface area contributed by atoms with E-state index in [2.05, 4.69) is 86.1 Å². The lowest BCUT2D eigenvalue weighted by atomic mass is 9.90. The van der Waals surface area contributed by atoms with E-state index in [1.807, 2.05) is 6.20 Å². The molecule has 4 aromatic rings. The second kappa shape index (κ2) is 7.39. The van der Waals surface area contributed by atoms with Crippen molar-refractivity contribution >= 4 is 22.2 Å². The van der Waals surface area contributed by atoms with Crippen LogP contribution in [0.5, 0.6) is 0 Å². The van der Waals surface area contributed by atoms with Crippen LogP contribution >= 0.6 is 0 Å². The quantitative estimate of drug-likeness (QED) is 0.459. The minimum Gasteiger partial charge on any atom is -0.378 e. The van der Waals surface area contributed by atoms with Crippen LogP contribution in [0, 0.1) is 6.92 Å². The van der Waals surface area contributed by atoms with Gasteiger partial charge in [0.25, 0.3) is 0 Å². The number of anilines is 1. The van der Waals surface area contributed by atoms with Gasteiger partial charge in [0.15, 0.2) is 0 Å². The summed E-state index contributed by atoms with van der Waals surface area (Å²) in [6.07, 6.45) is 6.34. The van der Waals surface area contributed by atoms with Crippen molar-refractivity contribution in [3.63, 3.8) is 0 Å². The van der Waals surface area contributed by atoms with E-state index in [4.69, 9.17) is 0 Å². The molecule has 0 aliphatic carbocycles. The largest absolute Gasteiger partial charge is 0.378 e. The molecule has 3 N–H and O–H groups in total. The van der Waals surface area contributed by atoms with Gasteiger partial charge in [0, 0.05) is 41.4 Å². The Kier molecular flexibility index (Phi) is 4.39. The van der Waals surface area contributed by atoms with Gasteiger partial charge in [-0.15, -0.1) is 5.10 Å². The highest BCUT2D eigenvalue weighted by Crippen LogP contribution is 2.39. The zero-order valence-corrected chi connectivity index (χ0v) is 17.7. The lowest BCUT2D eigenvalue weighted by molar-refractivity contribution is 0.539. The molecule has 4 heterocycles. The van der Waals surface area contributed by atoms with Gasteiger partial charge >= 0.3 is 0 Å². The summed E-state index contributed by atoms with van der Waals surface area (Å²) in [6.45, 7) is 4.88. The van der Waals surface area contributed by atoms with Crippen LogP contribution in [0.2, 0.25) is 0 Å². The molecule has 0 saturated carbocycles. The van der Waals surface area contributed by atoms with Gasteiger partial charge in [-0.2, -0.15) is 0 Å². The van der Waals surface area contributed by atoms with Crippen molar-refractivity contribution in [1.82, 2.24) is 25.3 Å². The number of benzene rings is 2. The summed E-state index contributed by atoms with van der Waals surface area (Å²) in [5.41, 5.74) is 9.77. The van der Waals surface area contributed by atoms with E-state index < -0.39 is 0 Å². The van der Waals surface area contributed by atoms with Crippen molar-refractivity contribution in [3.8, 4) is 11.3 Å². The Hall–Kier alpha value is -3.38. The van der Waals surface area contributed by atoms with Gasteiger partial charge in [0.1, 0.15) is 0 Å². The Morgan fingerprint density at radius 2 is 2.13 bits per heavy atom. The van der Waals surface area contributed by atoms with Gasteiger partial charge in [-0.25, -0.2) is 4.68 Å². The highest BCUT2D eigenvalue weighted by molar-refractivity contribution is 5.92. The Labute approximate surface area is 181 Å². The molecule has 2 aromatic carbocycles. The van der Waals surface area contributed by atoms with Gasteiger partial charge < -0.3 is 15.6 Å². The Morgan fingerprint density at radius 3 is 3.03 bits per heavy atom. The van der Waals surface area contributed by atoms with Gasteiger partial charge in [-0.3, -0.25) is 0 Å². The standard InChI is InChI=1S/C25H26N6/c1-16-25-19-6-5-18(17-7-11-26-12-8-17)15-21(19)24(10-14-31(25)30-29-16)28-23-4-2-3-22-20(23)9-13-27-22/h2-7,9,13,15,24,26-28H,8,10-12,14H2,1H3. The molecule has 0 fully saturated rings. The highest BCUT2D eigenvalue weighted by atomic mass is 15.4. The third-order valence-electron chi connectivity index (χ3n) is 6.57. The molecule has 2 aliphatic rings. The zero-order chi connectivity index (χ0) is 20.8. The first kappa shape index (κ1) is 18.4. The third kappa shape index (κ3) is 3.15. The molecule has 0 saturated heterocycles. The van der Waals surface area contributed by atoms with E-state index in [-0.39, 0.29) is 6.04 Å². The van der Waals surface area contributed by atoms with Crippen molar-refractivity contribution in [3.05, 3.63) is 71.6 Å². The average molecular weight is 411 g/mol. The molecule has 0 radical (unpaired) electrons. The summed E-state index contributed by atoms with van der Waals surface area (Å²) < 4.78 is 2.07. The summed E-state index contributed by atoms with van der Waals surface area (Å²) in [6, 6.07) is 15.7. The first-order valence-electron chi connectivity index (χ1n) is 11.0. The number of hydrogen-bond acceptors (Lipinski definition) is 4. The smallest absolute Gasteiger partial charge is 0.0918 e. The summed E-state index contributed by atoms with van der Waals surface area (Å²) >= 11 is 0. The maximum atomic E-state index is 4.42. The maximum Gasteiger partial charge on any atom is 0.0918 e. The summed E-state index contributed by atoms with van der Waals surface area (Å²) in [5, 5.41) is 17.3. The molecule has 2 aliphatic heterocycles. The number of nitrogens with zero attached hydrogens (tertiary/aromatic N) is 3. The molecule has 1 unspecified atom stereocenters. The second-order valence-corrected chi connectivity index (χ2v) is 8.46. The first-order chi connectivity index (χ1) is 15.3. The van der Waals surface area contributed by atoms with Crippen molar-refractivity contribution in [2.24, 2.45) is 0 Å². The minimum absolute atomic E-state index is 0.193. The topological polar surface area (TPSA) is 70.6 Å². The molecule has 0 bridgehead atoms. The number of hydrogen-bond donors (Lipinski definition) is 3. The van der Waals surface area contributed by atoms with E-state index in [0.29, 0.717) is 0 Å². The van der Waals surface area contributed by atoms with Crippen LogP contribution in [0.1, 0.15) is 35.7 Å². The average Bonchev–Trinajstić information content (AvgIpc) is 3.40. The number of nitrogens with one attached hydrogen (secondary N) is 3. The SMILES string of the molecule is Cc1nnn2c1-c1ccc(C3=CCNCC3)cc1C(Nc1cccc3[nH]ccc13)CC2. The molecule has 0 spiro atoms. The number of aromatic nitrogens is 4. The fourth-order valence-corrected chi connectivity index (χ4v) is 5.00. The number of aromatic amines is 1. The van der Waals surface area contributed by atoms with Gasteiger partial charge in [-0.1, -0.05) is 29.5 Å². The third-order valence-corrected chi connectivity index (χ3v) is 6.57. The van der Waals surface area contributed by atoms with Crippen molar-refractivity contribution in [1.29, 1.82) is 0 Å². The molecular formula is C25H26N6. The number of rotatable bonds is 3. The van der Waals surface area contributed by atoms with Gasteiger partial charge in [-0.05, 0) is 67.3 Å². The lowest BCUT2D eigenvalue weighted by Gasteiger charge is -2.23. The molecule has 31 heavy (non-hydrogen) atoms. The Bertz CT molecular complexity index is 1290. The fourth-order valence-electron chi connectivity index (χ4n) is 5.00. The monoisotopic (exact) mass is 410 g/mol. The van der Waals surface area contributed by atoms with Crippen molar-refractivity contribution in [2.75, 3.05) is 18.4 Å². The maximum absolute atomic E-state index is 4.42. The summed E-state index contributed by atoms with van der Waals surface area (Å²) in [5.74, 6) is 0. The van der Waals surface area contributed by atoms with E-state index in [0.717, 1.165) is 55.1 Å². The normalized spacial score (nSPS) is 18.2. The zero-order valence-electron chi connectivity index (χ0n) is 17.7. The van der Waals surface area contributed by atoms with E-state index in [1.54, 1.807) is 0 Å². The molecule has 0 amide bonds. The second-order valence-electron chi connectivity index (χ2n) is 8.46. The molecule has 6 nitrogen and oxygen atoms in total. The first-order valence-corrected chi connectivity index (χ1v) is 11.0. The van der Waals surface area contributed by atoms with Crippen LogP contribution < -0.4 is 10.6 Å². The number of aryl methyl sites for hydroxylation is 2. The van der Waals surface area contributed by atoms with Crippen LogP contribution in [0.15, 0.2) is 54.7 Å². The number of fused-ring (bicyclic) bond motifs is 4.